The van der Waals surface area contributed by atoms with E-state index in [4.69, 9.17) is 10.1 Å². The third-order valence-corrected chi connectivity index (χ3v) is 6.89. The molecule has 1 amide bonds. The summed E-state index contributed by atoms with van der Waals surface area (Å²) in [7, 11) is 0. The molecule has 1 aromatic heterocycles. The van der Waals surface area contributed by atoms with Crippen LogP contribution in [0.2, 0.25) is 0 Å². The fraction of sp³-hybridized carbons (Fsp3) is 0.300. The number of carbonyl (C=O) groups is 2. The van der Waals surface area contributed by atoms with E-state index in [0.717, 1.165) is 22.2 Å². The van der Waals surface area contributed by atoms with Crippen LogP contribution in [0.25, 0.3) is 11.0 Å². The molecule has 0 saturated heterocycles. The Morgan fingerprint density at radius 2 is 1.59 bits per heavy atom. The van der Waals surface area contributed by atoms with Crippen molar-refractivity contribution in [2.45, 2.75) is 46.2 Å². The van der Waals surface area contributed by atoms with Gasteiger partial charge >= 0.3 is 0 Å². The van der Waals surface area contributed by atoms with Crippen molar-refractivity contribution in [2.75, 3.05) is 18.1 Å². The molecule has 190 valence electrons. The fourth-order valence-electron chi connectivity index (χ4n) is 4.99. The van der Waals surface area contributed by atoms with Gasteiger partial charge in [-0.15, -0.1) is 0 Å². The van der Waals surface area contributed by atoms with Crippen LogP contribution in [-0.4, -0.2) is 34.0 Å². The molecule has 0 bridgehead atoms. The van der Waals surface area contributed by atoms with Gasteiger partial charge in [0.15, 0.2) is 5.78 Å². The predicted molar refractivity (Wildman–Crippen MR) is 144 cm³/mol. The zero-order valence-electron chi connectivity index (χ0n) is 21.7. The van der Waals surface area contributed by atoms with Gasteiger partial charge in [-0.25, -0.2) is 0 Å². The topological polar surface area (TPSA) is 80.3 Å². The number of imidazole rings is 1. The molecule has 0 aliphatic carbocycles. The van der Waals surface area contributed by atoms with Crippen LogP contribution < -0.4 is 15.3 Å². The number of Topliss-reactive ketones (excluding diaryl/α,β-unsaturated/α-hetero) is 1. The number of para-hydroxylation sites is 2. The first-order valence-electron chi connectivity index (χ1n) is 12.5. The summed E-state index contributed by atoms with van der Waals surface area (Å²) in [5, 5.41) is 8.96. The third kappa shape index (κ3) is 4.57. The van der Waals surface area contributed by atoms with Gasteiger partial charge in [-0.05, 0) is 35.2 Å². The van der Waals surface area contributed by atoms with Crippen molar-refractivity contribution in [3.8, 4) is 5.75 Å². The van der Waals surface area contributed by atoms with E-state index in [2.05, 4.69) is 20.8 Å². The van der Waals surface area contributed by atoms with E-state index in [1.165, 1.54) is 6.92 Å². The van der Waals surface area contributed by atoms with Crippen LogP contribution in [0.1, 0.15) is 49.2 Å². The molecule has 0 radical (unpaired) electrons. The number of amides is 1. The number of nitrogens with zero attached hydrogens (tertiary/aromatic N) is 3. The van der Waals surface area contributed by atoms with Gasteiger partial charge in [-0.1, -0.05) is 63.2 Å². The van der Waals surface area contributed by atoms with E-state index >= 15 is 0 Å². The molecular formula is C30H32N4O3. The molecule has 3 aromatic carbocycles. The molecule has 37 heavy (non-hydrogen) atoms. The Hall–Kier alpha value is -4.13. The van der Waals surface area contributed by atoms with Gasteiger partial charge in [-0.3, -0.25) is 15.0 Å². The van der Waals surface area contributed by atoms with Crippen LogP contribution in [0.3, 0.4) is 0 Å². The summed E-state index contributed by atoms with van der Waals surface area (Å²) in [6, 6.07) is 21.5. The normalized spacial score (nSPS) is 13.4. The molecule has 1 aliphatic rings. The average molecular weight is 497 g/mol. The smallest absolute Gasteiger partial charge is 0.224 e. The Kier molecular flexibility index (Phi) is 6.23. The summed E-state index contributed by atoms with van der Waals surface area (Å²) in [5.74, 6) is 0.461. The number of hydrogen-bond donors (Lipinski definition) is 1. The number of nitrogens with one attached hydrogen (secondary N) is 1. The summed E-state index contributed by atoms with van der Waals surface area (Å²) in [6.07, 6.45) is 0. The summed E-state index contributed by atoms with van der Waals surface area (Å²) in [6.45, 7) is 9.17. The highest BCUT2D eigenvalue weighted by Gasteiger charge is 2.30. The van der Waals surface area contributed by atoms with E-state index in [1.807, 2.05) is 65.2 Å². The standard InChI is InChI=1S/C30H32N4O3/c1-20(35)32-14-15-37-28-23(30(2,3)4)16-22(17-26(28)32)27(36)19-34-25-13-9-8-12-24(25)33(29(34)31)18-21-10-6-5-7-11-21/h5-13,16-17,31H,14-15,18-19H2,1-4H3. The van der Waals surface area contributed by atoms with Gasteiger partial charge in [0.05, 0.1) is 36.4 Å². The highest BCUT2D eigenvalue weighted by molar-refractivity contribution is 6.01. The SMILES string of the molecule is CC(=O)N1CCOc2c1cc(C(=O)Cn1c(=N)n(Cc3ccccc3)c3ccccc31)cc2C(C)(C)C. The first-order chi connectivity index (χ1) is 17.6. The number of fused-ring (bicyclic) bond motifs is 2. The van der Waals surface area contributed by atoms with E-state index in [0.29, 0.717) is 36.7 Å². The van der Waals surface area contributed by atoms with Gasteiger partial charge in [0.25, 0.3) is 0 Å². The molecule has 2 heterocycles. The first-order valence-corrected chi connectivity index (χ1v) is 12.5. The molecule has 7 nitrogen and oxygen atoms in total. The molecule has 0 fully saturated rings. The third-order valence-electron chi connectivity index (χ3n) is 6.89. The minimum Gasteiger partial charge on any atom is -0.489 e. The zero-order chi connectivity index (χ0) is 26.3. The molecule has 1 aliphatic heterocycles. The Morgan fingerprint density at radius 3 is 2.24 bits per heavy atom. The molecule has 7 heteroatoms. The van der Waals surface area contributed by atoms with Crippen molar-refractivity contribution in [3.63, 3.8) is 0 Å². The van der Waals surface area contributed by atoms with Crippen molar-refractivity contribution >= 4 is 28.4 Å². The molecule has 0 atom stereocenters. The lowest BCUT2D eigenvalue weighted by Crippen LogP contribution is -2.37. The van der Waals surface area contributed by atoms with Crippen LogP contribution in [0, 0.1) is 5.41 Å². The lowest BCUT2D eigenvalue weighted by molar-refractivity contribution is -0.116. The molecular weight excluding hydrogens is 464 g/mol. The zero-order valence-corrected chi connectivity index (χ0v) is 21.7. The average Bonchev–Trinajstić information content (AvgIpc) is 3.13. The molecule has 0 spiro atoms. The van der Waals surface area contributed by atoms with Crippen molar-refractivity contribution in [1.82, 2.24) is 9.13 Å². The van der Waals surface area contributed by atoms with Gasteiger partial charge in [0.1, 0.15) is 12.4 Å². The number of anilines is 1. The maximum Gasteiger partial charge on any atom is 0.224 e. The van der Waals surface area contributed by atoms with Crippen LogP contribution in [0.15, 0.2) is 66.7 Å². The first kappa shape index (κ1) is 24.6. The largest absolute Gasteiger partial charge is 0.489 e. The second-order valence-electron chi connectivity index (χ2n) is 10.5. The summed E-state index contributed by atoms with van der Waals surface area (Å²) in [5.41, 5.74) is 4.83. The Morgan fingerprint density at radius 1 is 0.946 bits per heavy atom. The minimum absolute atomic E-state index is 0.0183. The maximum atomic E-state index is 13.8. The number of hydrogen-bond acceptors (Lipinski definition) is 4. The number of ketones is 1. The van der Waals surface area contributed by atoms with Crippen LogP contribution in [0.5, 0.6) is 5.75 Å². The monoisotopic (exact) mass is 496 g/mol. The summed E-state index contributed by atoms with van der Waals surface area (Å²) in [4.78, 5) is 27.8. The molecule has 1 N–H and O–H groups in total. The Labute approximate surface area is 216 Å². The summed E-state index contributed by atoms with van der Waals surface area (Å²) < 4.78 is 9.69. The van der Waals surface area contributed by atoms with Crippen molar-refractivity contribution in [3.05, 3.63) is 89.0 Å². The lowest BCUT2D eigenvalue weighted by Gasteiger charge is -2.33. The number of aromatic nitrogens is 2. The molecule has 0 saturated carbocycles. The van der Waals surface area contributed by atoms with Crippen molar-refractivity contribution < 1.29 is 14.3 Å². The highest BCUT2D eigenvalue weighted by Crippen LogP contribution is 2.42. The van der Waals surface area contributed by atoms with Gasteiger partial charge in [0.2, 0.25) is 11.5 Å². The highest BCUT2D eigenvalue weighted by atomic mass is 16.5. The van der Waals surface area contributed by atoms with E-state index < -0.39 is 0 Å². The van der Waals surface area contributed by atoms with Crippen LogP contribution in [-0.2, 0) is 23.3 Å². The molecule has 4 aromatic rings. The second-order valence-corrected chi connectivity index (χ2v) is 10.5. The number of benzene rings is 3. The number of ether oxygens (including phenoxy) is 1. The molecule has 0 unspecified atom stereocenters. The van der Waals surface area contributed by atoms with Crippen molar-refractivity contribution in [1.29, 1.82) is 5.41 Å². The van der Waals surface area contributed by atoms with Crippen LogP contribution >= 0.6 is 0 Å². The number of rotatable bonds is 5. The molecule has 5 rings (SSSR count). The van der Waals surface area contributed by atoms with Gasteiger partial charge < -0.3 is 18.8 Å². The van der Waals surface area contributed by atoms with Gasteiger partial charge in [0, 0.05) is 18.1 Å². The Bertz CT molecular complexity index is 1560. The lowest BCUT2D eigenvalue weighted by atomic mass is 9.84. The summed E-state index contributed by atoms with van der Waals surface area (Å²) >= 11 is 0. The quantitative estimate of drug-likeness (QED) is 0.399. The minimum atomic E-state index is -0.292. The van der Waals surface area contributed by atoms with E-state index in [-0.39, 0.29) is 29.3 Å². The van der Waals surface area contributed by atoms with Crippen molar-refractivity contribution in [2.24, 2.45) is 0 Å². The van der Waals surface area contributed by atoms with Crippen LogP contribution in [0.4, 0.5) is 5.69 Å². The van der Waals surface area contributed by atoms with E-state index in [1.54, 1.807) is 15.5 Å². The Balaban J connectivity index is 1.58. The maximum absolute atomic E-state index is 13.8. The predicted octanol–water partition coefficient (Wildman–Crippen LogP) is 4.90. The van der Waals surface area contributed by atoms with E-state index in [9.17, 15) is 9.59 Å². The second kappa shape index (κ2) is 9.39. The fourth-order valence-corrected chi connectivity index (χ4v) is 4.99. The number of carbonyl (C=O) groups excluding carboxylic acids is 2. The van der Waals surface area contributed by atoms with Gasteiger partial charge in [-0.2, -0.15) is 0 Å².